The summed E-state index contributed by atoms with van der Waals surface area (Å²) in [4.78, 5) is 0.00356. The van der Waals surface area contributed by atoms with Crippen LogP contribution >= 0.6 is 0 Å². The Labute approximate surface area is 115 Å². The zero-order valence-electron chi connectivity index (χ0n) is 10.5. The molecular formula is C12H10N4O3S. The summed E-state index contributed by atoms with van der Waals surface area (Å²) in [6, 6.07) is 9.51. The molecule has 0 bridgehead atoms. The Morgan fingerprint density at radius 1 is 1.40 bits per heavy atom. The van der Waals surface area contributed by atoms with Crippen LogP contribution in [0.5, 0.6) is 0 Å². The summed E-state index contributed by atoms with van der Waals surface area (Å²) in [6.07, 6.45) is 2.66. The summed E-state index contributed by atoms with van der Waals surface area (Å²) in [5.74, 6) is 0. The highest BCUT2D eigenvalue weighted by Gasteiger charge is 2.14. The third-order valence-electron chi connectivity index (χ3n) is 2.33. The van der Waals surface area contributed by atoms with E-state index in [0.717, 1.165) is 6.21 Å². The fourth-order valence-corrected chi connectivity index (χ4v) is 2.19. The molecule has 0 spiro atoms. The average molecular weight is 290 g/mol. The SMILES string of the molecule is Cn1cc(/C=N/OS(=O)(=O)c2ccccc2)c(C#N)n1. The molecule has 0 fully saturated rings. The molecule has 20 heavy (non-hydrogen) atoms. The molecule has 0 saturated heterocycles. The van der Waals surface area contributed by atoms with Gasteiger partial charge < -0.3 is 0 Å². The zero-order valence-corrected chi connectivity index (χ0v) is 11.3. The van der Waals surface area contributed by atoms with Gasteiger partial charge in [-0.3, -0.25) is 8.97 Å². The van der Waals surface area contributed by atoms with Crippen molar-refractivity contribution in [2.24, 2.45) is 12.2 Å². The quantitative estimate of drug-likeness (QED) is 0.618. The van der Waals surface area contributed by atoms with Crippen LogP contribution in [0.15, 0.2) is 46.6 Å². The van der Waals surface area contributed by atoms with Crippen LogP contribution in [0.3, 0.4) is 0 Å². The van der Waals surface area contributed by atoms with E-state index in [1.54, 1.807) is 25.2 Å². The number of aromatic nitrogens is 2. The number of benzene rings is 1. The van der Waals surface area contributed by atoms with Crippen molar-refractivity contribution in [2.75, 3.05) is 0 Å². The molecule has 0 atom stereocenters. The van der Waals surface area contributed by atoms with E-state index >= 15 is 0 Å². The summed E-state index contributed by atoms with van der Waals surface area (Å²) in [5, 5.41) is 16.1. The molecule has 7 nitrogen and oxygen atoms in total. The van der Waals surface area contributed by atoms with E-state index < -0.39 is 10.1 Å². The molecule has 0 aliphatic carbocycles. The van der Waals surface area contributed by atoms with Crippen molar-refractivity contribution in [3.63, 3.8) is 0 Å². The summed E-state index contributed by atoms with van der Waals surface area (Å²) in [6.45, 7) is 0. The summed E-state index contributed by atoms with van der Waals surface area (Å²) < 4.78 is 29.5. The fourth-order valence-electron chi connectivity index (χ4n) is 1.45. The number of oxime groups is 1. The van der Waals surface area contributed by atoms with Crippen LogP contribution in [-0.2, 0) is 21.4 Å². The molecule has 102 valence electrons. The summed E-state index contributed by atoms with van der Waals surface area (Å²) in [7, 11) is -2.31. The first-order valence-electron chi connectivity index (χ1n) is 5.49. The first kappa shape index (κ1) is 13.8. The highest BCUT2D eigenvalue weighted by Crippen LogP contribution is 2.11. The van der Waals surface area contributed by atoms with E-state index in [2.05, 4.69) is 14.5 Å². The first-order chi connectivity index (χ1) is 9.53. The molecule has 8 heteroatoms. The van der Waals surface area contributed by atoms with Gasteiger partial charge in [0.1, 0.15) is 11.0 Å². The van der Waals surface area contributed by atoms with E-state index in [-0.39, 0.29) is 10.6 Å². The minimum Gasteiger partial charge on any atom is -0.274 e. The van der Waals surface area contributed by atoms with Crippen molar-refractivity contribution in [3.8, 4) is 6.07 Å². The zero-order chi connectivity index (χ0) is 14.6. The second-order valence-corrected chi connectivity index (χ2v) is 5.32. The summed E-state index contributed by atoms with van der Waals surface area (Å²) >= 11 is 0. The van der Waals surface area contributed by atoms with Gasteiger partial charge in [-0.2, -0.15) is 18.8 Å². The molecule has 1 aromatic heterocycles. The predicted molar refractivity (Wildman–Crippen MR) is 70.2 cm³/mol. The summed E-state index contributed by atoms with van der Waals surface area (Å²) in [5.41, 5.74) is 0.509. The number of aryl methyl sites for hydroxylation is 1. The van der Waals surface area contributed by atoms with Crippen LogP contribution in [0, 0.1) is 11.3 Å². The number of nitriles is 1. The standard InChI is InChI=1S/C12H10N4O3S/c1-16-9-10(12(7-13)15-16)8-14-19-20(17,18)11-5-3-2-4-6-11/h2-6,8-9H,1H3/b14-8+. The maximum Gasteiger partial charge on any atom is 0.358 e. The fraction of sp³-hybridized carbons (Fsp3) is 0.0833. The molecule has 1 aromatic carbocycles. The highest BCUT2D eigenvalue weighted by atomic mass is 32.2. The van der Waals surface area contributed by atoms with Crippen LogP contribution in [0.4, 0.5) is 0 Å². The molecule has 0 saturated carbocycles. The number of nitrogens with zero attached hydrogens (tertiary/aromatic N) is 4. The first-order valence-corrected chi connectivity index (χ1v) is 6.89. The Hall–Kier alpha value is -2.66. The highest BCUT2D eigenvalue weighted by molar-refractivity contribution is 7.86. The van der Waals surface area contributed by atoms with Gasteiger partial charge in [-0.05, 0) is 12.1 Å². The second kappa shape index (κ2) is 5.54. The van der Waals surface area contributed by atoms with E-state index in [1.807, 2.05) is 6.07 Å². The van der Waals surface area contributed by atoms with Gasteiger partial charge in [0.25, 0.3) is 0 Å². The van der Waals surface area contributed by atoms with Gasteiger partial charge in [-0.15, -0.1) is 0 Å². The smallest absolute Gasteiger partial charge is 0.274 e. The van der Waals surface area contributed by atoms with Gasteiger partial charge in [0.2, 0.25) is 0 Å². The van der Waals surface area contributed by atoms with Gasteiger partial charge in [0, 0.05) is 13.2 Å². The Morgan fingerprint density at radius 3 is 2.75 bits per heavy atom. The van der Waals surface area contributed by atoms with Crippen LogP contribution in [-0.4, -0.2) is 24.4 Å². The molecule has 0 unspecified atom stereocenters. The molecule has 2 aromatic rings. The monoisotopic (exact) mass is 290 g/mol. The third-order valence-corrected chi connectivity index (χ3v) is 3.46. The molecular weight excluding hydrogens is 280 g/mol. The Kier molecular flexibility index (Phi) is 3.81. The normalized spacial score (nSPS) is 11.4. The lowest BCUT2D eigenvalue weighted by Crippen LogP contribution is -2.02. The van der Waals surface area contributed by atoms with Crippen molar-refractivity contribution in [2.45, 2.75) is 4.90 Å². The predicted octanol–water partition coefficient (Wildman–Crippen LogP) is 1.03. The number of hydrogen-bond acceptors (Lipinski definition) is 6. The number of rotatable bonds is 4. The molecule has 0 aliphatic heterocycles. The largest absolute Gasteiger partial charge is 0.358 e. The molecule has 0 N–H and O–H groups in total. The minimum atomic E-state index is -3.95. The molecule has 0 radical (unpaired) electrons. The van der Waals surface area contributed by atoms with Gasteiger partial charge in [-0.1, -0.05) is 23.4 Å². The van der Waals surface area contributed by atoms with Crippen LogP contribution in [0.2, 0.25) is 0 Å². The lowest BCUT2D eigenvalue weighted by atomic mass is 10.3. The van der Waals surface area contributed by atoms with Gasteiger partial charge in [0.15, 0.2) is 5.69 Å². The molecule has 0 aliphatic rings. The van der Waals surface area contributed by atoms with Crippen molar-refractivity contribution < 1.29 is 12.7 Å². The lowest BCUT2D eigenvalue weighted by Gasteiger charge is -1.99. The van der Waals surface area contributed by atoms with Gasteiger partial charge in [0.05, 0.1) is 11.8 Å². The molecule has 1 heterocycles. The number of hydrogen-bond donors (Lipinski definition) is 0. The van der Waals surface area contributed by atoms with Gasteiger partial charge in [-0.25, -0.2) is 0 Å². The third kappa shape index (κ3) is 3.02. The lowest BCUT2D eigenvalue weighted by molar-refractivity contribution is 0.341. The van der Waals surface area contributed by atoms with Crippen LogP contribution < -0.4 is 0 Å². The van der Waals surface area contributed by atoms with E-state index in [1.165, 1.54) is 23.0 Å². The Bertz CT molecular complexity index is 773. The topological polar surface area (TPSA) is 97.3 Å². The Balaban J connectivity index is 2.16. The van der Waals surface area contributed by atoms with Crippen molar-refractivity contribution in [3.05, 3.63) is 47.8 Å². The van der Waals surface area contributed by atoms with Crippen molar-refractivity contribution >= 4 is 16.3 Å². The molecule has 2 rings (SSSR count). The minimum absolute atomic E-state index is 0.00356. The molecule has 0 amide bonds. The second-order valence-electron chi connectivity index (χ2n) is 3.79. The Morgan fingerprint density at radius 2 is 2.10 bits per heavy atom. The van der Waals surface area contributed by atoms with Crippen LogP contribution in [0.1, 0.15) is 11.3 Å². The van der Waals surface area contributed by atoms with Crippen molar-refractivity contribution in [1.82, 2.24) is 9.78 Å². The van der Waals surface area contributed by atoms with E-state index in [9.17, 15) is 8.42 Å². The van der Waals surface area contributed by atoms with E-state index in [4.69, 9.17) is 5.26 Å². The average Bonchev–Trinajstić information content (AvgIpc) is 2.80. The van der Waals surface area contributed by atoms with Gasteiger partial charge >= 0.3 is 10.1 Å². The van der Waals surface area contributed by atoms with Crippen molar-refractivity contribution in [1.29, 1.82) is 5.26 Å². The maximum atomic E-state index is 11.8. The maximum absolute atomic E-state index is 11.8. The van der Waals surface area contributed by atoms with Crippen LogP contribution in [0.25, 0.3) is 0 Å². The van der Waals surface area contributed by atoms with E-state index in [0.29, 0.717) is 5.56 Å².